The number of aromatic amines is 1. The second-order valence-corrected chi connectivity index (χ2v) is 8.01. The number of carbonyl (C=O) groups is 3. The van der Waals surface area contributed by atoms with Crippen molar-refractivity contribution in [2.24, 2.45) is 0 Å². The molecule has 1 unspecified atom stereocenters. The topological polar surface area (TPSA) is 142 Å². The van der Waals surface area contributed by atoms with E-state index in [1.54, 1.807) is 0 Å². The molecule has 0 fully saturated rings. The summed E-state index contributed by atoms with van der Waals surface area (Å²) in [5, 5.41) is 26.0. The van der Waals surface area contributed by atoms with Crippen molar-refractivity contribution in [3.63, 3.8) is 0 Å². The van der Waals surface area contributed by atoms with E-state index in [0.717, 1.165) is 34.8 Å². The zero-order valence-electron chi connectivity index (χ0n) is 16.8. The van der Waals surface area contributed by atoms with E-state index < -0.39 is 11.9 Å². The van der Waals surface area contributed by atoms with Gasteiger partial charge in [0.2, 0.25) is 0 Å². The highest BCUT2D eigenvalue weighted by Crippen LogP contribution is 2.45. The van der Waals surface area contributed by atoms with Crippen molar-refractivity contribution in [1.29, 1.82) is 0 Å². The molecule has 0 aliphatic carbocycles. The van der Waals surface area contributed by atoms with Gasteiger partial charge in [0.25, 0.3) is 0 Å². The SMILES string of the molecule is CCCC1=C(C(=O)OCC)C(c2ccc(Cl)s2)c2c[nH]nc2N1.O=C(O)C=CC(=O)O. The van der Waals surface area contributed by atoms with Gasteiger partial charge in [-0.25, -0.2) is 14.4 Å². The molecule has 3 heterocycles. The molecular weight excluding hydrogens is 446 g/mol. The second-order valence-electron chi connectivity index (χ2n) is 6.26. The number of nitrogens with zero attached hydrogens (tertiary/aromatic N) is 1. The molecule has 0 spiro atoms. The van der Waals surface area contributed by atoms with Gasteiger partial charge in [-0.15, -0.1) is 11.3 Å². The van der Waals surface area contributed by atoms with Gasteiger partial charge in [0.15, 0.2) is 5.82 Å². The molecule has 1 atom stereocenters. The van der Waals surface area contributed by atoms with Crippen molar-refractivity contribution in [2.75, 3.05) is 11.9 Å². The molecule has 0 saturated heterocycles. The van der Waals surface area contributed by atoms with Crippen LogP contribution in [-0.2, 0) is 19.1 Å². The van der Waals surface area contributed by atoms with Crippen molar-refractivity contribution in [3.8, 4) is 0 Å². The third-order valence-corrected chi connectivity index (χ3v) is 5.40. The Morgan fingerprint density at radius 3 is 2.42 bits per heavy atom. The number of esters is 1. The van der Waals surface area contributed by atoms with Crippen LogP contribution >= 0.6 is 22.9 Å². The van der Waals surface area contributed by atoms with E-state index in [1.165, 1.54) is 11.3 Å². The summed E-state index contributed by atoms with van der Waals surface area (Å²) in [7, 11) is 0. The van der Waals surface area contributed by atoms with Gasteiger partial charge in [-0.1, -0.05) is 24.9 Å². The van der Waals surface area contributed by atoms with Gasteiger partial charge in [0.1, 0.15) is 0 Å². The van der Waals surface area contributed by atoms with E-state index >= 15 is 0 Å². The summed E-state index contributed by atoms with van der Waals surface area (Å²) >= 11 is 7.59. The lowest BCUT2D eigenvalue weighted by atomic mass is 9.86. The molecule has 31 heavy (non-hydrogen) atoms. The molecule has 0 amide bonds. The van der Waals surface area contributed by atoms with Crippen LogP contribution in [0.3, 0.4) is 0 Å². The number of hydrogen-bond acceptors (Lipinski definition) is 7. The first kappa shape index (κ1) is 24.2. The largest absolute Gasteiger partial charge is 0.478 e. The zero-order chi connectivity index (χ0) is 23.0. The average molecular weight is 468 g/mol. The molecule has 0 aromatic carbocycles. The number of fused-ring (bicyclic) bond motifs is 1. The lowest BCUT2D eigenvalue weighted by Crippen LogP contribution is -2.24. The Bertz CT molecular complexity index is 994. The van der Waals surface area contributed by atoms with Crippen LogP contribution in [0, 0.1) is 0 Å². The molecule has 0 radical (unpaired) electrons. The van der Waals surface area contributed by atoms with E-state index in [4.69, 9.17) is 26.6 Å². The maximum Gasteiger partial charge on any atom is 0.336 e. The Balaban J connectivity index is 0.000000366. The first-order valence-electron chi connectivity index (χ1n) is 9.38. The summed E-state index contributed by atoms with van der Waals surface area (Å²) in [6.45, 7) is 4.24. The first-order valence-corrected chi connectivity index (χ1v) is 10.6. The molecule has 1 aliphatic heterocycles. The number of allylic oxidation sites excluding steroid dienone is 1. The van der Waals surface area contributed by atoms with E-state index in [2.05, 4.69) is 22.4 Å². The van der Waals surface area contributed by atoms with Crippen LogP contribution in [0.2, 0.25) is 4.34 Å². The van der Waals surface area contributed by atoms with Gasteiger partial charge in [0, 0.05) is 34.5 Å². The van der Waals surface area contributed by atoms with Gasteiger partial charge >= 0.3 is 17.9 Å². The number of anilines is 1. The lowest BCUT2D eigenvalue weighted by molar-refractivity contribution is -0.139. The summed E-state index contributed by atoms with van der Waals surface area (Å²) in [6, 6.07) is 3.81. The minimum absolute atomic E-state index is 0.205. The predicted molar refractivity (Wildman–Crippen MR) is 116 cm³/mol. The number of halogens is 1. The molecule has 11 heteroatoms. The molecule has 0 saturated carbocycles. The fourth-order valence-electron chi connectivity index (χ4n) is 2.98. The third-order valence-electron chi connectivity index (χ3n) is 4.11. The highest BCUT2D eigenvalue weighted by Gasteiger charge is 2.36. The molecule has 166 valence electrons. The smallest absolute Gasteiger partial charge is 0.336 e. The van der Waals surface area contributed by atoms with Crippen molar-refractivity contribution in [2.45, 2.75) is 32.6 Å². The van der Waals surface area contributed by atoms with Crippen LogP contribution in [0.25, 0.3) is 0 Å². The van der Waals surface area contributed by atoms with E-state index in [1.807, 2.05) is 25.3 Å². The highest BCUT2D eigenvalue weighted by molar-refractivity contribution is 7.16. The summed E-state index contributed by atoms with van der Waals surface area (Å²) in [6.07, 6.45) is 4.62. The van der Waals surface area contributed by atoms with Gasteiger partial charge in [0.05, 0.1) is 22.4 Å². The molecule has 0 bridgehead atoms. The molecule has 2 aromatic heterocycles. The summed E-state index contributed by atoms with van der Waals surface area (Å²) in [4.78, 5) is 32.7. The minimum atomic E-state index is -1.26. The van der Waals surface area contributed by atoms with Crippen molar-refractivity contribution < 1.29 is 29.3 Å². The Hall–Kier alpha value is -3.11. The quantitative estimate of drug-likeness (QED) is 0.353. The first-order chi connectivity index (χ1) is 14.8. The van der Waals surface area contributed by atoms with Gasteiger partial charge in [-0.2, -0.15) is 5.10 Å². The van der Waals surface area contributed by atoms with Crippen LogP contribution in [0.15, 0.2) is 41.8 Å². The molecular formula is C20H22ClN3O6S. The number of rotatable bonds is 7. The maximum atomic E-state index is 12.6. The highest BCUT2D eigenvalue weighted by atomic mass is 35.5. The standard InChI is InChI=1S/C16H18ClN3O2S.C4H4O4/c1-3-5-10-14(16(21)22-4-2)13(11-6-7-12(17)23-11)9-8-18-20-15(9)19-10;5-3(6)1-2-4(7)8/h6-8,13H,3-5H2,1-2H3,(H2,18,19,20);1-2H,(H,5,6)(H,7,8). The van der Waals surface area contributed by atoms with Crippen molar-refractivity contribution in [1.82, 2.24) is 10.2 Å². The molecule has 3 rings (SSSR count). The number of carbonyl (C=O) groups excluding carboxylic acids is 1. The monoisotopic (exact) mass is 467 g/mol. The van der Waals surface area contributed by atoms with Crippen molar-refractivity contribution >= 4 is 46.7 Å². The van der Waals surface area contributed by atoms with Crippen LogP contribution in [0.1, 0.15) is 43.0 Å². The van der Waals surface area contributed by atoms with Gasteiger partial charge in [-0.3, -0.25) is 5.10 Å². The van der Waals surface area contributed by atoms with Gasteiger partial charge < -0.3 is 20.3 Å². The Kier molecular flexibility index (Phi) is 8.83. The molecule has 2 aromatic rings. The number of H-pyrrole nitrogens is 1. The third kappa shape index (κ3) is 6.43. The average Bonchev–Trinajstić information content (AvgIpc) is 3.35. The van der Waals surface area contributed by atoms with Crippen LogP contribution < -0.4 is 5.32 Å². The van der Waals surface area contributed by atoms with Crippen LogP contribution in [0.5, 0.6) is 0 Å². The summed E-state index contributed by atoms with van der Waals surface area (Å²) in [5.74, 6) is -2.25. The Morgan fingerprint density at radius 2 is 1.90 bits per heavy atom. The molecule has 1 aliphatic rings. The minimum Gasteiger partial charge on any atom is -0.478 e. The lowest BCUT2D eigenvalue weighted by Gasteiger charge is -2.27. The second kappa shape index (κ2) is 11.3. The van der Waals surface area contributed by atoms with E-state index in [9.17, 15) is 14.4 Å². The zero-order valence-corrected chi connectivity index (χ0v) is 18.4. The number of thiophene rings is 1. The van der Waals surface area contributed by atoms with E-state index in [0.29, 0.717) is 28.7 Å². The fraction of sp³-hybridized carbons (Fsp3) is 0.300. The van der Waals surface area contributed by atoms with Crippen molar-refractivity contribution in [3.05, 3.63) is 56.5 Å². The van der Waals surface area contributed by atoms with Crippen LogP contribution in [-0.4, -0.2) is 44.9 Å². The normalized spacial score (nSPS) is 15.0. The Morgan fingerprint density at radius 1 is 1.23 bits per heavy atom. The number of nitrogens with one attached hydrogen (secondary N) is 2. The maximum absolute atomic E-state index is 12.6. The summed E-state index contributed by atoms with van der Waals surface area (Å²) < 4.78 is 6.01. The molecule has 9 nitrogen and oxygen atoms in total. The predicted octanol–water partition coefficient (Wildman–Crippen LogP) is 4.01. The van der Waals surface area contributed by atoms with Crippen LogP contribution in [0.4, 0.5) is 5.82 Å². The number of carboxylic acid groups (broad SMARTS) is 2. The number of carboxylic acids is 2. The fourth-order valence-corrected chi connectivity index (χ4v) is 4.17. The number of hydrogen-bond donors (Lipinski definition) is 4. The number of ether oxygens (including phenoxy) is 1. The number of aliphatic carboxylic acids is 2. The van der Waals surface area contributed by atoms with E-state index in [-0.39, 0.29) is 11.9 Å². The summed E-state index contributed by atoms with van der Waals surface area (Å²) in [5.41, 5.74) is 2.47. The Labute approximate surface area is 187 Å². The number of aromatic nitrogens is 2. The van der Waals surface area contributed by atoms with Gasteiger partial charge in [-0.05, 0) is 25.5 Å². The molecule has 4 N–H and O–H groups in total.